The first-order valence-corrected chi connectivity index (χ1v) is 10.1. The van der Waals surface area contributed by atoms with E-state index < -0.39 is 24.7 Å². The van der Waals surface area contributed by atoms with Gasteiger partial charge in [-0.2, -0.15) is 5.26 Å². The molecule has 4 rings (SSSR count). The van der Waals surface area contributed by atoms with Gasteiger partial charge >= 0.3 is 12.0 Å². The number of rotatable bonds is 4. The van der Waals surface area contributed by atoms with Gasteiger partial charge < -0.3 is 10.0 Å². The minimum Gasteiger partial charge on any atom is -0.478 e. The van der Waals surface area contributed by atoms with E-state index in [0.29, 0.717) is 35.4 Å². The number of carboxylic acid groups (broad SMARTS) is 1. The highest BCUT2D eigenvalue weighted by atomic mass is 19.1. The lowest BCUT2D eigenvalue weighted by Gasteiger charge is -2.44. The lowest BCUT2D eigenvalue weighted by atomic mass is 9.82. The molecule has 7 nitrogen and oxygen atoms in total. The molecular formula is C24H20FN3O4. The molecule has 1 atom stereocenters. The molecule has 1 aliphatic carbocycles. The number of nitrogens with zero attached hydrogens (tertiary/aromatic N) is 3. The quantitative estimate of drug-likeness (QED) is 0.773. The van der Waals surface area contributed by atoms with Crippen LogP contribution in [0.2, 0.25) is 0 Å². The van der Waals surface area contributed by atoms with E-state index in [9.17, 15) is 23.9 Å². The summed E-state index contributed by atoms with van der Waals surface area (Å²) in [5, 5.41) is 18.9. The van der Waals surface area contributed by atoms with Gasteiger partial charge in [0.1, 0.15) is 6.67 Å². The molecule has 1 heterocycles. The molecular weight excluding hydrogens is 413 g/mol. The van der Waals surface area contributed by atoms with E-state index in [0.717, 1.165) is 0 Å². The van der Waals surface area contributed by atoms with Crippen LogP contribution < -0.4 is 4.90 Å². The Balaban J connectivity index is 1.95. The number of allylic oxidation sites excluding steroid dienone is 1. The zero-order chi connectivity index (χ0) is 23.0. The number of ketones is 1. The second-order valence-corrected chi connectivity index (χ2v) is 7.79. The highest BCUT2D eigenvalue weighted by Gasteiger charge is 2.44. The number of halogens is 1. The zero-order valence-electron chi connectivity index (χ0n) is 17.3. The Bertz CT molecular complexity index is 1210. The zero-order valence-corrected chi connectivity index (χ0v) is 17.3. The monoisotopic (exact) mass is 433 g/mol. The van der Waals surface area contributed by atoms with Gasteiger partial charge in [-0.25, -0.2) is 14.0 Å². The van der Waals surface area contributed by atoms with Gasteiger partial charge in [-0.3, -0.25) is 9.69 Å². The number of Topliss-reactive ketones (excluding diaryl/α,β-unsaturated/α-hetero) is 1. The fourth-order valence-corrected chi connectivity index (χ4v) is 4.43. The van der Waals surface area contributed by atoms with Gasteiger partial charge in [0.2, 0.25) is 0 Å². The van der Waals surface area contributed by atoms with Gasteiger partial charge in [0.15, 0.2) is 5.78 Å². The molecule has 1 unspecified atom stereocenters. The Kier molecular flexibility index (Phi) is 5.49. The first-order valence-electron chi connectivity index (χ1n) is 10.1. The number of anilines is 1. The van der Waals surface area contributed by atoms with Gasteiger partial charge in [0.25, 0.3) is 0 Å². The van der Waals surface area contributed by atoms with Crippen molar-refractivity contribution in [1.29, 1.82) is 5.26 Å². The van der Waals surface area contributed by atoms with Crippen LogP contribution in [0.5, 0.6) is 0 Å². The number of benzene rings is 2. The maximum atomic E-state index is 13.5. The van der Waals surface area contributed by atoms with Crippen molar-refractivity contribution in [3.63, 3.8) is 0 Å². The topological polar surface area (TPSA) is 102 Å². The molecule has 2 aromatic carbocycles. The Morgan fingerprint density at radius 2 is 2.00 bits per heavy atom. The summed E-state index contributed by atoms with van der Waals surface area (Å²) >= 11 is 0. The van der Waals surface area contributed by atoms with E-state index in [1.807, 2.05) is 6.07 Å². The van der Waals surface area contributed by atoms with Crippen LogP contribution in [0, 0.1) is 11.3 Å². The number of likely N-dealkylation sites (N-methyl/N-ethyl adjacent to an activating group) is 1. The van der Waals surface area contributed by atoms with Crippen LogP contribution in [0.3, 0.4) is 0 Å². The van der Waals surface area contributed by atoms with E-state index in [2.05, 4.69) is 0 Å². The largest absolute Gasteiger partial charge is 0.478 e. The van der Waals surface area contributed by atoms with Crippen molar-refractivity contribution in [2.24, 2.45) is 0 Å². The van der Waals surface area contributed by atoms with Gasteiger partial charge in [-0.05, 0) is 48.2 Å². The second-order valence-electron chi connectivity index (χ2n) is 7.79. The number of hydrogen-bond donors (Lipinski definition) is 1. The number of carbonyl (C=O) groups excluding carboxylic acids is 2. The minimum atomic E-state index is -1.25. The van der Waals surface area contributed by atoms with Gasteiger partial charge in [-0.1, -0.05) is 18.2 Å². The number of aromatic carboxylic acids is 1. The van der Waals surface area contributed by atoms with Gasteiger partial charge in [0, 0.05) is 24.7 Å². The predicted molar refractivity (Wildman–Crippen MR) is 114 cm³/mol. The van der Waals surface area contributed by atoms with Crippen molar-refractivity contribution < 1.29 is 23.9 Å². The van der Waals surface area contributed by atoms with Crippen LogP contribution in [-0.2, 0) is 11.5 Å². The van der Waals surface area contributed by atoms with E-state index in [1.165, 1.54) is 35.0 Å². The molecule has 0 fully saturated rings. The van der Waals surface area contributed by atoms with Crippen molar-refractivity contribution in [1.82, 2.24) is 4.90 Å². The Morgan fingerprint density at radius 1 is 1.22 bits per heavy atom. The van der Waals surface area contributed by atoms with Crippen molar-refractivity contribution in [2.45, 2.75) is 32.0 Å². The van der Waals surface area contributed by atoms with Crippen molar-refractivity contribution in [2.75, 3.05) is 11.9 Å². The first-order chi connectivity index (χ1) is 15.4. The van der Waals surface area contributed by atoms with Crippen LogP contribution in [0.1, 0.15) is 52.4 Å². The third-order valence-corrected chi connectivity index (χ3v) is 5.88. The standard InChI is InChI=1S/C24H20FN3O4/c1-27-22(17-9-8-15(13-26)11-18(17)23(30)31)21-19(6-3-7-20(21)29)28(24(27)32)16-5-2-4-14(10-16)12-25/h2,4-5,8-11,22H,3,6-7,12H2,1H3,(H,30,31). The molecule has 2 aliphatic rings. The number of nitriles is 1. The summed E-state index contributed by atoms with van der Waals surface area (Å²) in [6.07, 6.45) is 1.30. The predicted octanol–water partition coefficient (Wildman–Crippen LogP) is 4.35. The molecule has 2 aromatic rings. The Labute approximate surface area is 184 Å². The second kappa shape index (κ2) is 8.27. The summed E-state index contributed by atoms with van der Waals surface area (Å²) in [6, 6.07) is 11.3. The van der Waals surface area contributed by atoms with Crippen LogP contribution in [-0.4, -0.2) is 34.8 Å². The van der Waals surface area contributed by atoms with Crippen molar-refractivity contribution in [3.05, 3.63) is 76.0 Å². The highest BCUT2D eigenvalue weighted by molar-refractivity contribution is 6.07. The number of carbonyl (C=O) groups is 3. The molecule has 0 bridgehead atoms. The van der Waals surface area contributed by atoms with Crippen LogP contribution in [0.15, 0.2) is 53.7 Å². The molecule has 32 heavy (non-hydrogen) atoms. The maximum Gasteiger partial charge on any atom is 0.336 e. The van der Waals surface area contributed by atoms with Crippen LogP contribution in [0.25, 0.3) is 0 Å². The number of carboxylic acids is 1. The van der Waals surface area contributed by atoms with E-state index in [1.54, 1.807) is 24.3 Å². The molecule has 1 N–H and O–H groups in total. The Hall–Kier alpha value is -3.99. The normalized spacial score (nSPS) is 18.5. The summed E-state index contributed by atoms with van der Waals surface area (Å²) in [6.45, 7) is -0.688. The molecule has 2 amide bonds. The third kappa shape index (κ3) is 3.42. The molecule has 0 radical (unpaired) electrons. The fraction of sp³-hybridized carbons (Fsp3) is 0.250. The SMILES string of the molecule is CN1C(=O)N(c2cccc(CF)c2)C2=C(C(=O)CCC2)C1c1ccc(C#N)cc1C(=O)O. The lowest BCUT2D eigenvalue weighted by molar-refractivity contribution is -0.116. The molecule has 162 valence electrons. The van der Waals surface area contributed by atoms with Crippen molar-refractivity contribution in [3.8, 4) is 6.07 Å². The summed E-state index contributed by atoms with van der Waals surface area (Å²) in [4.78, 5) is 41.3. The summed E-state index contributed by atoms with van der Waals surface area (Å²) in [5.74, 6) is -1.41. The van der Waals surface area contributed by atoms with Crippen LogP contribution >= 0.6 is 0 Å². The van der Waals surface area contributed by atoms with Gasteiger partial charge in [-0.15, -0.1) is 0 Å². The number of amides is 2. The smallest absolute Gasteiger partial charge is 0.336 e. The maximum absolute atomic E-state index is 13.5. The average Bonchev–Trinajstić information content (AvgIpc) is 2.80. The van der Waals surface area contributed by atoms with Gasteiger partial charge in [0.05, 0.1) is 28.9 Å². The van der Waals surface area contributed by atoms with Crippen molar-refractivity contribution >= 4 is 23.5 Å². The molecule has 0 saturated heterocycles. The fourth-order valence-electron chi connectivity index (χ4n) is 4.43. The number of urea groups is 1. The molecule has 0 spiro atoms. The van der Waals surface area contributed by atoms with E-state index >= 15 is 0 Å². The molecule has 8 heteroatoms. The minimum absolute atomic E-state index is 0.133. The lowest BCUT2D eigenvalue weighted by Crippen LogP contribution is -2.50. The average molecular weight is 433 g/mol. The third-order valence-electron chi connectivity index (χ3n) is 5.88. The van der Waals surface area contributed by atoms with E-state index in [4.69, 9.17) is 5.26 Å². The molecule has 0 saturated carbocycles. The Morgan fingerprint density at radius 3 is 2.69 bits per heavy atom. The molecule has 1 aliphatic heterocycles. The van der Waals surface area contributed by atoms with Crippen LogP contribution in [0.4, 0.5) is 14.9 Å². The molecule has 0 aromatic heterocycles. The summed E-state index contributed by atoms with van der Waals surface area (Å²) in [5.41, 5.74) is 2.03. The number of alkyl halides is 1. The summed E-state index contributed by atoms with van der Waals surface area (Å²) in [7, 11) is 1.51. The first kappa shape index (κ1) is 21.2. The van der Waals surface area contributed by atoms with E-state index in [-0.39, 0.29) is 28.9 Å². The summed E-state index contributed by atoms with van der Waals surface area (Å²) < 4.78 is 13.2. The number of hydrogen-bond acceptors (Lipinski definition) is 4. The highest BCUT2D eigenvalue weighted by Crippen LogP contribution is 2.44.